The van der Waals surface area contributed by atoms with Crippen LogP contribution in [0.15, 0.2) is 18.2 Å². The van der Waals surface area contributed by atoms with Crippen LogP contribution in [0.1, 0.15) is 26.3 Å². The van der Waals surface area contributed by atoms with Gasteiger partial charge >= 0.3 is 6.03 Å². The third kappa shape index (κ3) is 4.38. The van der Waals surface area contributed by atoms with Gasteiger partial charge in [0.1, 0.15) is 13.1 Å². The van der Waals surface area contributed by atoms with Gasteiger partial charge in [0.25, 0.3) is 5.91 Å². The predicted molar refractivity (Wildman–Crippen MR) is 97.6 cm³/mol. The lowest BCUT2D eigenvalue weighted by atomic mass is 9.95. The number of hydrogen-bond donors (Lipinski definition) is 2. The molecule has 0 aromatic heterocycles. The Morgan fingerprint density at radius 3 is 2.31 bits per heavy atom. The highest BCUT2D eigenvalue weighted by Gasteiger charge is 2.34. The molecule has 140 valence electrons. The number of carbonyl (C=O) groups is 4. The first-order chi connectivity index (χ1) is 12.0. The van der Waals surface area contributed by atoms with Crippen LogP contribution < -0.4 is 10.6 Å². The highest BCUT2D eigenvalue weighted by atomic mass is 16.2. The highest BCUT2D eigenvalue weighted by molar-refractivity contribution is 6.06. The van der Waals surface area contributed by atoms with Crippen LogP contribution in [0.3, 0.4) is 0 Å². The topological polar surface area (TPSA) is 98.8 Å². The van der Waals surface area contributed by atoms with Gasteiger partial charge in [-0.1, -0.05) is 20.8 Å². The summed E-state index contributed by atoms with van der Waals surface area (Å²) in [7, 11) is 1.51. The van der Waals surface area contributed by atoms with Crippen molar-refractivity contribution >= 4 is 35.1 Å². The maximum Gasteiger partial charge on any atom is 0.327 e. The molecule has 0 radical (unpaired) electrons. The Balaban J connectivity index is 2.01. The van der Waals surface area contributed by atoms with E-state index >= 15 is 0 Å². The summed E-state index contributed by atoms with van der Waals surface area (Å²) in [6.07, 6.45) is 0. The smallest absolute Gasteiger partial charge is 0.325 e. The van der Waals surface area contributed by atoms with E-state index in [-0.39, 0.29) is 19.0 Å². The van der Waals surface area contributed by atoms with Gasteiger partial charge in [-0.15, -0.1) is 0 Å². The van der Waals surface area contributed by atoms with Crippen molar-refractivity contribution in [1.29, 1.82) is 0 Å². The Hall–Kier alpha value is -2.90. The molecule has 8 nitrogen and oxygen atoms in total. The van der Waals surface area contributed by atoms with Crippen molar-refractivity contribution in [3.05, 3.63) is 23.8 Å². The first-order valence-electron chi connectivity index (χ1n) is 8.26. The van der Waals surface area contributed by atoms with Gasteiger partial charge < -0.3 is 15.5 Å². The molecule has 1 aromatic rings. The normalized spacial score (nSPS) is 14.7. The van der Waals surface area contributed by atoms with E-state index in [4.69, 9.17) is 0 Å². The zero-order chi connectivity index (χ0) is 19.6. The molecule has 0 unspecified atom stereocenters. The predicted octanol–water partition coefficient (Wildman–Crippen LogP) is 1.81. The Labute approximate surface area is 152 Å². The van der Waals surface area contributed by atoms with Crippen molar-refractivity contribution in [2.24, 2.45) is 5.41 Å². The molecule has 0 saturated carbocycles. The zero-order valence-corrected chi connectivity index (χ0v) is 15.7. The molecule has 2 rings (SSSR count). The quantitative estimate of drug-likeness (QED) is 0.800. The van der Waals surface area contributed by atoms with Gasteiger partial charge in [-0.05, 0) is 30.7 Å². The Morgan fingerprint density at radius 1 is 1.15 bits per heavy atom. The molecule has 1 fully saturated rings. The third-order valence-corrected chi connectivity index (χ3v) is 3.97. The number of hydrogen-bond acceptors (Lipinski definition) is 4. The molecule has 0 aliphatic carbocycles. The van der Waals surface area contributed by atoms with Gasteiger partial charge in [0, 0.05) is 23.8 Å². The molecule has 5 amide bonds. The molecular weight excluding hydrogens is 336 g/mol. The summed E-state index contributed by atoms with van der Waals surface area (Å²) in [6.45, 7) is 6.94. The fourth-order valence-corrected chi connectivity index (χ4v) is 2.36. The van der Waals surface area contributed by atoms with Gasteiger partial charge in [-0.3, -0.25) is 19.3 Å². The van der Waals surface area contributed by atoms with Gasteiger partial charge in [0.15, 0.2) is 0 Å². The SMILES string of the molecule is Cc1cc(NC(=O)CN2C(=O)CN(C)C2=O)ccc1NC(=O)C(C)(C)C. The summed E-state index contributed by atoms with van der Waals surface area (Å²) in [5, 5.41) is 5.51. The van der Waals surface area contributed by atoms with E-state index in [1.54, 1.807) is 18.2 Å². The number of aryl methyl sites for hydroxylation is 1. The Morgan fingerprint density at radius 2 is 1.81 bits per heavy atom. The molecule has 26 heavy (non-hydrogen) atoms. The Kier molecular flexibility index (Phi) is 5.34. The van der Waals surface area contributed by atoms with E-state index in [0.29, 0.717) is 11.4 Å². The van der Waals surface area contributed by atoms with Crippen LogP contribution in [-0.4, -0.2) is 53.7 Å². The molecule has 0 bridgehead atoms. The van der Waals surface area contributed by atoms with E-state index in [0.717, 1.165) is 10.5 Å². The van der Waals surface area contributed by atoms with E-state index in [1.807, 2.05) is 27.7 Å². The second-order valence-electron chi connectivity index (χ2n) is 7.40. The van der Waals surface area contributed by atoms with E-state index in [9.17, 15) is 19.2 Å². The van der Waals surface area contributed by atoms with Crippen LogP contribution in [0.2, 0.25) is 0 Å². The third-order valence-electron chi connectivity index (χ3n) is 3.97. The number of rotatable bonds is 4. The molecule has 1 aromatic carbocycles. The fourth-order valence-electron chi connectivity index (χ4n) is 2.36. The van der Waals surface area contributed by atoms with Crippen LogP contribution in [0.4, 0.5) is 16.2 Å². The van der Waals surface area contributed by atoms with Crippen LogP contribution >= 0.6 is 0 Å². The molecule has 1 aliphatic rings. The van der Waals surface area contributed by atoms with Crippen molar-refractivity contribution in [3.63, 3.8) is 0 Å². The number of imide groups is 1. The van der Waals surface area contributed by atoms with Crippen molar-refractivity contribution in [2.45, 2.75) is 27.7 Å². The average molecular weight is 360 g/mol. The van der Waals surface area contributed by atoms with Gasteiger partial charge in [0.05, 0.1) is 0 Å². The molecule has 8 heteroatoms. The Bertz CT molecular complexity index is 767. The molecule has 2 N–H and O–H groups in total. The summed E-state index contributed by atoms with van der Waals surface area (Å²) in [5.74, 6) is -0.968. The summed E-state index contributed by atoms with van der Waals surface area (Å²) in [4.78, 5) is 49.9. The molecule has 0 atom stereocenters. The molecule has 1 heterocycles. The first-order valence-corrected chi connectivity index (χ1v) is 8.26. The minimum atomic E-state index is -0.513. The maximum atomic E-state index is 12.1. The average Bonchev–Trinajstić information content (AvgIpc) is 2.75. The van der Waals surface area contributed by atoms with Gasteiger partial charge in [-0.25, -0.2) is 4.79 Å². The number of nitrogens with one attached hydrogen (secondary N) is 2. The number of carbonyl (C=O) groups excluding carboxylic acids is 4. The first kappa shape index (κ1) is 19.4. The number of amides is 5. The van der Waals surface area contributed by atoms with E-state index < -0.39 is 23.3 Å². The summed E-state index contributed by atoms with van der Waals surface area (Å²) >= 11 is 0. The van der Waals surface area contributed by atoms with Crippen molar-refractivity contribution in [1.82, 2.24) is 9.80 Å². The summed E-state index contributed by atoms with van der Waals surface area (Å²) < 4.78 is 0. The van der Waals surface area contributed by atoms with Crippen molar-refractivity contribution < 1.29 is 19.2 Å². The maximum absolute atomic E-state index is 12.1. The van der Waals surface area contributed by atoms with Gasteiger partial charge in [-0.2, -0.15) is 0 Å². The second-order valence-corrected chi connectivity index (χ2v) is 7.40. The monoisotopic (exact) mass is 360 g/mol. The number of nitrogens with zero attached hydrogens (tertiary/aromatic N) is 2. The molecule has 0 spiro atoms. The number of likely N-dealkylation sites (N-methyl/N-ethyl adjacent to an activating group) is 1. The lowest BCUT2D eigenvalue weighted by Crippen LogP contribution is -2.38. The van der Waals surface area contributed by atoms with Crippen LogP contribution in [0.5, 0.6) is 0 Å². The number of anilines is 2. The molecule has 1 saturated heterocycles. The number of benzene rings is 1. The molecule has 1 aliphatic heterocycles. The summed E-state index contributed by atoms with van der Waals surface area (Å²) in [5.41, 5.74) is 1.46. The van der Waals surface area contributed by atoms with Crippen molar-refractivity contribution in [3.8, 4) is 0 Å². The fraction of sp³-hybridized carbons (Fsp3) is 0.444. The van der Waals surface area contributed by atoms with E-state index in [1.165, 1.54) is 11.9 Å². The molecular formula is C18H24N4O4. The van der Waals surface area contributed by atoms with Crippen LogP contribution in [0, 0.1) is 12.3 Å². The lowest BCUT2D eigenvalue weighted by Gasteiger charge is -2.19. The van der Waals surface area contributed by atoms with Crippen molar-refractivity contribution in [2.75, 3.05) is 30.8 Å². The number of urea groups is 1. The minimum Gasteiger partial charge on any atom is -0.325 e. The van der Waals surface area contributed by atoms with Crippen LogP contribution in [0.25, 0.3) is 0 Å². The lowest BCUT2D eigenvalue weighted by molar-refractivity contribution is -0.129. The summed E-state index contributed by atoms with van der Waals surface area (Å²) in [6, 6.07) is 4.59. The minimum absolute atomic E-state index is 0.0204. The standard InChI is InChI=1S/C18H24N4O4/c1-11-8-12(6-7-13(11)20-16(25)18(2,3)4)19-14(23)9-22-15(24)10-21(5)17(22)26/h6-8H,9-10H2,1-5H3,(H,19,23)(H,20,25). The van der Waals surface area contributed by atoms with Gasteiger partial charge in [0.2, 0.25) is 11.8 Å². The second kappa shape index (κ2) is 7.15. The largest absolute Gasteiger partial charge is 0.327 e. The highest BCUT2D eigenvalue weighted by Crippen LogP contribution is 2.23. The van der Waals surface area contributed by atoms with E-state index in [2.05, 4.69) is 10.6 Å². The zero-order valence-electron chi connectivity index (χ0n) is 15.7. The van der Waals surface area contributed by atoms with Crippen LogP contribution in [-0.2, 0) is 14.4 Å².